The molecule has 0 aromatic carbocycles. The summed E-state index contributed by atoms with van der Waals surface area (Å²) in [6.45, 7) is 8.41. The first-order valence-electron chi connectivity index (χ1n) is 7.75. The molecule has 3 N–H and O–H groups in total. The molecule has 0 aromatic heterocycles. The van der Waals surface area contributed by atoms with Crippen molar-refractivity contribution in [2.45, 2.75) is 52.5 Å². The van der Waals surface area contributed by atoms with Gasteiger partial charge < -0.3 is 16.0 Å². The molecule has 1 aliphatic rings. The summed E-state index contributed by atoms with van der Waals surface area (Å²) in [6.07, 6.45) is 3.23. The minimum atomic E-state index is 0.00293. The van der Waals surface area contributed by atoms with Crippen LogP contribution in [0.1, 0.15) is 46.5 Å². The number of carbonyl (C=O) groups is 2. The average Bonchev–Trinajstić information content (AvgIpc) is 2.39. The normalized spacial score (nSPS) is 22.6. The predicted molar refractivity (Wildman–Crippen MR) is 80.3 cm³/mol. The van der Waals surface area contributed by atoms with Gasteiger partial charge in [0.15, 0.2) is 0 Å². The standard InChI is InChI=1S/C15H29N3O2/c1-11(2)10-18-14(19)6-8-17-15(20)9-13-12(3)5-4-7-16-13/h11-13,16H,4-10H2,1-3H3,(H,17,20)(H,18,19). The molecule has 0 bridgehead atoms. The Bertz CT molecular complexity index is 318. The first-order valence-corrected chi connectivity index (χ1v) is 7.75. The molecule has 2 atom stereocenters. The van der Waals surface area contributed by atoms with Gasteiger partial charge in [-0.1, -0.05) is 20.8 Å². The quantitative estimate of drug-likeness (QED) is 0.654. The molecule has 5 heteroatoms. The van der Waals surface area contributed by atoms with Crippen molar-refractivity contribution in [3.63, 3.8) is 0 Å². The zero-order valence-corrected chi connectivity index (χ0v) is 13.0. The van der Waals surface area contributed by atoms with Crippen molar-refractivity contribution in [2.75, 3.05) is 19.6 Å². The Morgan fingerprint density at radius 1 is 1.25 bits per heavy atom. The molecule has 1 rings (SSSR count). The maximum Gasteiger partial charge on any atom is 0.221 e. The van der Waals surface area contributed by atoms with E-state index in [0.717, 1.165) is 6.54 Å². The van der Waals surface area contributed by atoms with E-state index in [1.165, 1.54) is 12.8 Å². The molecule has 1 heterocycles. The zero-order valence-electron chi connectivity index (χ0n) is 13.0. The molecule has 0 aromatic rings. The molecule has 20 heavy (non-hydrogen) atoms. The van der Waals surface area contributed by atoms with Crippen LogP contribution in [-0.4, -0.2) is 37.5 Å². The van der Waals surface area contributed by atoms with Crippen LogP contribution in [0.3, 0.4) is 0 Å². The van der Waals surface area contributed by atoms with E-state index in [1.807, 2.05) is 0 Å². The van der Waals surface area contributed by atoms with Crippen molar-refractivity contribution in [3.05, 3.63) is 0 Å². The summed E-state index contributed by atoms with van der Waals surface area (Å²) < 4.78 is 0. The number of piperidine rings is 1. The van der Waals surface area contributed by atoms with Crippen LogP contribution in [0, 0.1) is 11.8 Å². The van der Waals surface area contributed by atoms with Crippen molar-refractivity contribution in [1.82, 2.24) is 16.0 Å². The number of rotatable bonds is 7. The Hall–Kier alpha value is -1.10. The monoisotopic (exact) mass is 283 g/mol. The third-order valence-electron chi connectivity index (χ3n) is 3.72. The Morgan fingerprint density at radius 3 is 2.65 bits per heavy atom. The molecule has 1 fully saturated rings. The summed E-state index contributed by atoms with van der Waals surface area (Å²) in [7, 11) is 0. The lowest BCUT2D eigenvalue weighted by Crippen LogP contribution is -2.43. The third kappa shape index (κ3) is 6.89. The predicted octanol–water partition coefficient (Wildman–Crippen LogP) is 1.04. The maximum atomic E-state index is 11.8. The van der Waals surface area contributed by atoms with Crippen molar-refractivity contribution >= 4 is 11.8 Å². The second-order valence-corrected chi connectivity index (χ2v) is 6.18. The van der Waals surface area contributed by atoms with Crippen LogP contribution in [0.25, 0.3) is 0 Å². The van der Waals surface area contributed by atoms with E-state index in [-0.39, 0.29) is 17.9 Å². The van der Waals surface area contributed by atoms with Gasteiger partial charge in [-0.05, 0) is 31.2 Å². The van der Waals surface area contributed by atoms with Gasteiger partial charge >= 0.3 is 0 Å². The fourth-order valence-corrected chi connectivity index (χ4v) is 2.38. The van der Waals surface area contributed by atoms with E-state index in [1.54, 1.807) is 0 Å². The van der Waals surface area contributed by atoms with Gasteiger partial charge in [0, 0.05) is 32.0 Å². The molecule has 5 nitrogen and oxygen atoms in total. The molecule has 2 amide bonds. The van der Waals surface area contributed by atoms with Crippen molar-refractivity contribution in [3.8, 4) is 0 Å². The van der Waals surface area contributed by atoms with Crippen molar-refractivity contribution < 1.29 is 9.59 Å². The Morgan fingerprint density at radius 2 is 2.00 bits per heavy atom. The highest BCUT2D eigenvalue weighted by atomic mass is 16.2. The van der Waals surface area contributed by atoms with E-state index in [0.29, 0.717) is 37.8 Å². The third-order valence-corrected chi connectivity index (χ3v) is 3.72. The molecule has 0 saturated carbocycles. The van der Waals surface area contributed by atoms with Crippen molar-refractivity contribution in [2.24, 2.45) is 11.8 Å². The van der Waals surface area contributed by atoms with E-state index in [2.05, 4.69) is 36.7 Å². The summed E-state index contributed by atoms with van der Waals surface area (Å²) in [5.41, 5.74) is 0. The molecule has 2 unspecified atom stereocenters. The largest absolute Gasteiger partial charge is 0.356 e. The highest BCUT2D eigenvalue weighted by Gasteiger charge is 2.22. The maximum absolute atomic E-state index is 11.8. The molecule has 1 saturated heterocycles. The minimum absolute atomic E-state index is 0.00293. The van der Waals surface area contributed by atoms with Crippen molar-refractivity contribution in [1.29, 1.82) is 0 Å². The van der Waals surface area contributed by atoms with Crippen LogP contribution in [-0.2, 0) is 9.59 Å². The summed E-state index contributed by atoms with van der Waals surface area (Å²) in [5, 5.41) is 9.06. The van der Waals surface area contributed by atoms with E-state index >= 15 is 0 Å². The Kier molecular flexibility index (Phi) is 7.59. The lowest BCUT2D eigenvalue weighted by molar-refractivity contribution is -0.122. The fraction of sp³-hybridized carbons (Fsp3) is 0.867. The summed E-state index contributed by atoms with van der Waals surface area (Å²) in [6, 6.07) is 0.276. The molecule has 0 aliphatic carbocycles. The highest BCUT2D eigenvalue weighted by molar-refractivity contribution is 5.79. The van der Waals surface area contributed by atoms with Gasteiger partial charge in [-0.25, -0.2) is 0 Å². The molecular weight excluding hydrogens is 254 g/mol. The number of nitrogens with one attached hydrogen (secondary N) is 3. The van der Waals surface area contributed by atoms with Gasteiger partial charge in [0.2, 0.25) is 11.8 Å². The van der Waals surface area contributed by atoms with E-state index in [4.69, 9.17) is 0 Å². The van der Waals surface area contributed by atoms with Gasteiger partial charge in [-0.15, -0.1) is 0 Å². The number of carbonyl (C=O) groups excluding carboxylic acids is 2. The Labute approximate surface area is 122 Å². The van der Waals surface area contributed by atoms with Crippen LogP contribution < -0.4 is 16.0 Å². The number of hydrogen-bond donors (Lipinski definition) is 3. The van der Waals surface area contributed by atoms with E-state index in [9.17, 15) is 9.59 Å². The average molecular weight is 283 g/mol. The fourth-order valence-electron chi connectivity index (χ4n) is 2.38. The molecule has 1 aliphatic heterocycles. The minimum Gasteiger partial charge on any atom is -0.356 e. The van der Waals surface area contributed by atoms with Gasteiger partial charge in [-0.2, -0.15) is 0 Å². The zero-order chi connectivity index (χ0) is 15.0. The van der Waals surface area contributed by atoms with Crippen LogP contribution in [0.2, 0.25) is 0 Å². The van der Waals surface area contributed by atoms with Gasteiger partial charge in [0.1, 0.15) is 0 Å². The van der Waals surface area contributed by atoms with E-state index < -0.39 is 0 Å². The topological polar surface area (TPSA) is 70.2 Å². The van der Waals surface area contributed by atoms with Gasteiger partial charge in [0.25, 0.3) is 0 Å². The molecule has 0 radical (unpaired) electrons. The SMILES string of the molecule is CC(C)CNC(=O)CCNC(=O)CC1NCCCC1C. The molecule has 0 spiro atoms. The van der Waals surface area contributed by atoms with Crippen LogP contribution >= 0.6 is 0 Å². The number of amides is 2. The highest BCUT2D eigenvalue weighted by Crippen LogP contribution is 2.17. The number of hydrogen-bond acceptors (Lipinski definition) is 3. The lowest BCUT2D eigenvalue weighted by Gasteiger charge is -2.29. The first-order chi connectivity index (χ1) is 9.49. The summed E-state index contributed by atoms with van der Waals surface area (Å²) in [4.78, 5) is 23.3. The Balaban J connectivity index is 2.12. The van der Waals surface area contributed by atoms with Gasteiger partial charge in [-0.3, -0.25) is 9.59 Å². The van der Waals surface area contributed by atoms with Gasteiger partial charge in [0.05, 0.1) is 0 Å². The van der Waals surface area contributed by atoms with Crippen LogP contribution in [0.15, 0.2) is 0 Å². The molecular formula is C15H29N3O2. The summed E-state index contributed by atoms with van der Waals surface area (Å²) in [5.74, 6) is 1.03. The smallest absolute Gasteiger partial charge is 0.221 e. The van der Waals surface area contributed by atoms with Crippen LogP contribution in [0.5, 0.6) is 0 Å². The first kappa shape index (κ1) is 17.0. The second-order valence-electron chi connectivity index (χ2n) is 6.18. The second kappa shape index (κ2) is 8.95. The summed E-state index contributed by atoms with van der Waals surface area (Å²) >= 11 is 0. The molecule has 116 valence electrons. The van der Waals surface area contributed by atoms with Crippen LogP contribution in [0.4, 0.5) is 0 Å². The lowest BCUT2D eigenvalue weighted by atomic mass is 9.90.